The summed E-state index contributed by atoms with van der Waals surface area (Å²) >= 11 is 0. The Hall–Kier alpha value is -1.18. The molecule has 0 aromatic heterocycles. The molecular formula is C10H11FO. The lowest BCUT2D eigenvalue weighted by molar-refractivity contribution is -0.108. The van der Waals surface area contributed by atoms with E-state index in [0.29, 0.717) is 6.42 Å². The maximum absolute atomic E-state index is 12.5. The van der Waals surface area contributed by atoms with Crippen molar-refractivity contribution in [1.82, 2.24) is 0 Å². The first-order valence-electron chi connectivity index (χ1n) is 3.93. The van der Waals surface area contributed by atoms with Crippen LogP contribution in [0, 0.1) is 5.82 Å². The Labute approximate surface area is 71.2 Å². The molecule has 1 nitrogen and oxygen atoms in total. The zero-order valence-corrected chi connectivity index (χ0v) is 6.96. The van der Waals surface area contributed by atoms with Crippen molar-refractivity contribution < 1.29 is 9.18 Å². The van der Waals surface area contributed by atoms with Crippen molar-refractivity contribution in [2.75, 3.05) is 0 Å². The molecule has 0 aliphatic heterocycles. The molecule has 64 valence electrons. The molecule has 12 heavy (non-hydrogen) atoms. The maximum atomic E-state index is 12.5. The van der Waals surface area contributed by atoms with Gasteiger partial charge in [-0.15, -0.1) is 0 Å². The molecule has 1 unspecified atom stereocenters. The highest BCUT2D eigenvalue weighted by molar-refractivity contribution is 5.51. The average molecular weight is 166 g/mol. The summed E-state index contributed by atoms with van der Waals surface area (Å²) in [5, 5.41) is 0. The van der Waals surface area contributed by atoms with E-state index in [1.165, 1.54) is 12.1 Å². The van der Waals surface area contributed by atoms with Crippen LogP contribution < -0.4 is 0 Å². The van der Waals surface area contributed by atoms with Gasteiger partial charge in [0.2, 0.25) is 0 Å². The third kappa shape index (κ3) is 2.16. The van der Waals surface area contributed by atoms with Crippen molar-refractivity contribution in [3.63, 3.8) is 0 Å². The lowest BCUT2D eigenvalue weighted by Gasteiger charge is -2.06. The molecule has 0 radical (unpaired) electrons. The predicted molar refractivity (Wildman–Crippen MR) is 45.5 cm³/mol. The molecule has 0 aliphatic rings. The lowest BCUT2D eigenvalue weighted by Crippen LogP contribution is -1.93. The molecule has 0 N–H and O–H groups in total. The normalized spacial score (nSPS) is 12.5. The van der Waals surface area contributed by atoms with E-state index >= 15 is 0 Å². The van der Waals surface area contributed by atoms with Gasteiger partial charge in [-0.25, -0.2) is 4.39 Å². The molecule has 0 aliphatic carbocycles. The van der Waals surface area contributed by atoms with Gasteiger partial charge in [-0.3, -0.25) is 0 Å². The van der Waals surface area contributed by atoms with E-state index < -0.39 is 0 Å². The number of carbonyl (C=O) groups is 1. The minimum atomic E-state index is -0.239. The van der Waals surface area contributed by atoms with Crippen LogP contribution in [0.1, 0.15) is 24.8 Å². The first kappa shape index (κ1) is 8.91. The Morgan fingerprint density at radius 3 is 2.50 bits per heavy atom. The molecule has 1 rings (SSSR count). The maximum Gasteiger partial charge on any atom is 0.123 e. The molecule has 1 aromatic carbocycles. The van der Waals surface area contributed by atoms with Crippen LogP contribution in [0.5, 0.6) is 0 Å². The lowest BCUT2D eigenvalue weighted by atomic mass is 9.99. The zero-order valence-electron chi connectivity index (χ0n) is 6.96. The van der Waals surface area contributed by atoms with Gasteiger partial charge in [0.25, 0.3) is 0 Å². The van der Waals surface area contributed by atoms with Gasteiger partial charge < -0.3 is 4.79 Å². The smallest absolute Gasteiger partial charge is 0.123 e. The molecular weight excluding hydrogens is 155 g/mol. The summed E-state index contributed by atoms with van der Waals surface area (Å²) in [5.74, 6) is -0.0554. The second kappa shape index (κ2) is 4.00. The number of rotatable bonds is 3. The van der Waals surface area contributed by atoms with Gasteiger partial charge in [-0.05, 0) is 23.6 Å². The largest absolute Gasteiger partial charge is 0.303 e. The molecule has 0 heterocycles. The van der Waals surface area contributed by atoms with Crippen molar-refractivity contribution in [1.29, 1.82) is 0 Å². The van der Waals surface area contributed by atoms with Crippen LogP contribution in [0.3, 0.4) is 0 Å². The van der Waals surface area contributed by atoms with Crippen molar-refractivity contribution in [3.05, 3.63) is 35.6 Å². The predicted octanol–water partition coefficient (Wildman–Crippen LogP) is 2.52. The Balaban J connectivity index is 2.74. The first-order chi connectivity index (χ1) is 5.74. The highest BCUT2D eigenvalue weighted by atomic mass is 19.1. The monoisotopic (exact) mass is 166 g/mol. The van der Waals surface area contributed by atoms with Crippen LogP contribution in [0.25, 0.3) is 0 Å². The number of halogens is 1. The highest BCUT2D eigenvalue weighted by Crippen LogP contribution is 2.17. The van der Waals surface area contributed by atoms with Crippen LogP contribution in [0.2, 0.25) is 0 Å². The fourth-order valence-corrected chi connectivity index (χ4v) is 1.07. The third-order valence-electron chi connectivity index (χ3n) is 1.89. The van der Waals surface area contributed by atoms with E-state index in [2.05, 4.69) is 0 Å². The molecule has 0 fully saturated rings. The van der Waals surface area contributed by atoms with Gasteiger partial charge in [0.05, 0.1) is 0 Å². The number of hydrogen-bond donors (Lipinski definition) is 0. The quantitative estimate of drug-likeness (QED) is 0.630. The number of aldehydes is 1. The summed E-state index contributed by atoms with van der Waals surface area (Å²) in [4.78, 5) is 10.2. The molecule has 0 saturated heterocycles. The van der Waals surface area contributed by atoms with Gasteiger partial charge in [0.1, 0.15) is 12.1 Å². The molecule has 2 heteroatoms. The van der Waals surface area contributed by atoms with Crippen molar-refractivity contribution in [2.45, 2.75) is 19.3 Å². The number of carbonyl (C=O) groups excluding carboxylic acids is 1. The van der Waals surface area contributed by atoms with E-state index in [1.54, 1.807) is 12.1 Å². The molecule has 0 bridgehead atoms. The Morgan fingerprint density at radius 2 is 2.00 bits per heavy atom. The van der Waals surface area contributed by atoms with E-state index in [1.807, 2.05) is 6.92 Å². The van der Waals surface area contributed by atoms with Gasteiger partial charge in [-0.1, -0.05) is 19.1 Å². The van der Waals surface area contributed by atoms with E-state index in [9.17, 15) is 9.18 Å². The second-order valence-electron chi connectivity index (χ2n) is 2.85. The standard InChI is InChI=1S/C10H11FO/c1-8(6-7-12)9-2-4-10(11)5-3-9/h2-5,7-8H,6H2,1H3. The van der Waals surface area contributed by atoms with Gasteiger partial charge in [0, 0.05) is 6.42 Å². The number of benzene rings is 1. The minimum Gasteiger partial charge on any atom is -0.303 e. The van der Waals surface area contributed by atoms with Crippen molar-refractivity contribution in [2.24, 2.45) is 0 Å². The molecule has 0 spiro atoms. The third-order valence-corrected chi connectivity index (χ3v) is 1.89. The fraction of sp³-hybridized carbons (Fsp3) is 0.300. The average Bonchev–Trinajstić information content (AvgIpc) is 2.06. The summed E-state index contributed by atoms with van der Waals surface area (Å²) in [6, 6.07) is 6.25. The van der Waals surface area contributed by atoms with E-state index in [-0.39, 0.29) is 11.7 Å². The van der Waals surface area contributed by atoms with Gasteiger partial charge in [0.15, 0.2) is 0 Å². The second-order valence-corrected chi connectivity index (χ2v) is 2.85. The summed E-state index contributed by atoms with van der Waals surface area (Å²) in [5.41, 5.74) is 1.00. The Kier molecular flexibility index (Phi) is 2.97. The molecule has 1 aromatic rings. The van der Waals surface area contributed by atoms with Crippen LogP contribution in [-0.4, -0.2) is 6.29 Å². The highest BCUT2D eigenvalue weighted by Gasteiger charge is 2.03. The molecule has 0 saturated carbocycles. The van der Waals surface area contributed by atoms with Crippen LogP contribution >= 0.6 is 0 Å². The summed E-state index contributed by atoms with van der Waals surface area (Å²) in [6.45, 7) is 1.95. The molecule has 1 atom stereocenters. The summed E-state index contributed by atoms with van der Waals surface area (Å²) in [7, 11) is 0. The summed E-state index contributed by atoms with van der Waals surface area (Å²) < 4.78 is 12.5. The Bertz CT molecular complexity index is 253. The van der Waals surface area contributed by atoms with E-state index in [4.69, 9.17) is 0 Å². The fourth-order valence-electron chi connectivity index (χ4n) is 1.07. The van der Waals surface area contributed by atoms with Crippen LogP contribution in [-0.2, 0) is 4.79 Å². The zero-order chi connectivity index (χ0) is 8.97. The Morgan fingerprint density at radius 1 is 1.42 bits per heavy atom. The first-order valence-corrected chi connectivity index (χ1v) is 3.93. The van der Waals surface area contributed by atoms with Gasteiger partial charge in [-0.2, -0.15) is 0 Å². The SMILES string of the molecule is CC(CC=O)c1ccc(F)cc1. The van der Waals surface area contributed by atoms with E-state index in [0.717, 1.165) is 11.8 Å². The summed E-state index contributed by atoms with van der Waals surface area (Å²) in [6.07, 6.45) is 1.37. The molecule has 0 amide bonds. The van der Waals surface area contributed by atoms with Crippen LogP contribution in [0.4, 0.5) is 4.39 Å². The minimum absolute atomic E-state index is 0.183. The topological polar surface area (TPSA) is 17.1 Å². The number of hydrogen-bond acceptors (Lipinski definition) is 1. The van der Waals surface area contributed by atoms with Crippen molar-refractivity contribution in [3.8, 4) is 0 Å². The van der Waals surface area contributed by atoms with Crippen molar-refractivity contribution >= 4 is 6.29 Å². The van der Waals surface area contributed by atoms with Crippen LogP contribution in [0.15, 0.2) is 24.3 Å². The van der Waals surface area contributed by atoms with Gasteiger partial charge >= 0.3 is 0 Å².